The minimum absolute atomic E-state index is 0.0492. The molecule has 0 aliphatic heterocycles. The van der Waals surface area contributed by atoms with Crippen molar-refractivity contribution in [1.82, 2.24) is 5.32 Å². The van der Waals surface area contributed by atoms with Gasteiger partial charge in [0.1, 0.15) is 0 Å². The molecule has 0 bridgehead atoms. The highest BCUT2D eigenvalue weighted by atomic mass is 79.9. The van der Waals surface area contributed by atoms with E-state index in [9.17, 15) is 4.79 Å². The lowest BCUT2D eigenvalue weighted by molar-refractivity contribution is 0.0895. The number of rotatable bonds is 5. The number of amides is 1. The fraction of sp³-hybridized carbons (Fsp3) is 0.312. The average Bonchev–Trinajstić information content (AvgIpc) is 2.46. The molecule has 0 fully saturated rings. The van der Waals surface area contributed by atoms with Crippen LogP contribution in [0.5, 0.6) is 0 Å². The maximum absolute atomic E-state index is 12.2. The molecular formula is C16H18BrNO2. The predicted molar refractivity (Wildman–Crippen MR) is 85.1 cm³/mol. The highest BCUT2D eigenvalue weighted by Crippen LogP contribution is 2.21. The number of carbonyl (C=O) groups excluding carboxylic acids is 1. The van der Waals surface area contributed by atoms with Gasteiger partial charge in [0.05, 0.1) is 12.6 Å². The van der Waals surface area contributed by atoms with E-state index in [1.165, 1.54) is 0 Å². The summed E-state index contributed by atoms with van der Waals surface area (Å²) in [7, 11) is 1.64. The maximum atomic E-state index is 12.2. The van der Waals surface area contributed by atoms with Crippen LogP contribution in [0.1, 0.15) is 23.7 Å². The standard InChI is InChI=1S/C16H18BrNO2/c1-3-15(10-20-2)18-16(19)13-5-4-12-9-14(17)7-6-11(12)8-13/h4-9,15H,3,10H2,1-2H3,(H,18,19). The first-order chi connectivity index (χ1) is 9.63. The molecule has 0 spiro atoms. The molecule has 106 valence electrons. The van der Waals surface area contributed by atoms with E-state index in [0.29, 0.717) is 12.2 Å². The number of methoxy groups -OCH3 is 1. The number of carbonyl (C=O) groups is 1. The lowest BCUT2D eigenvalue weighted by Gasteiger charge is -2.16. The minimum Gasteiger partial charge on any atom is -0.383 e. The molecule has 2 aromatic carbocycles. The van der Waals surface area contributed by atoms with Gasteiger partial charge in [-0.2, -0.15) is 0 Å². The molecule has 1 N–H and O–H groups in total. The van der Waals surface area contributed by atoms with Gasteiger partial charge in [0.2, 0.25) is 0 Å². The Morgan fingerprint density at radius 2 is 1.95 bits per heavy atom. The van der Waals surface area contributed by atoms with E-state index in [-0.39, 0.29) is 11.9 Å². The van der Waals surface area contributed by atoms with Crippen molar-refractivity contribution in [3.8, 4) is 0 Å². The number of halogens is 1. The molecule has 3 nitrogen and oxygen atoms in total. The average molecular weight is 336 g/mol. The van der Waals surface area contributed by atoms with Crippen LogP contribution < -0.4 is 5.32 Å². The topological polar surface area (TPSA) is 38.3 Å². The molecule has 1 atom stereocenters. The van der Waals surface area contributed by atoms with Gasteiger partial charge in [-0.15, -0.1) is 0 Å². The first-order valence-corrected chi connectivity index (χ1v) is 7.42. The Balaban J connectivity index is 2.20. The fourth-order valence-electron chi connectivity index (χ4n) is 2.09. The van der Waals surface area contributed by atoms with E-state index < -0.39 is 0 Å². The molecule has 20 heavy (non-hydrogen) atoms. The van der Waals surface area contributed by atoms with E-state index in [4.69, 9.17) is 4.74 Å². The molecular weight excluding hydrogens is 318 g/mol. The lowest BCUT2D eigenvalue weighted by atomic mass is 10.1. The second-order valence-corrected chi connectivity index (χ2v) is 5.66. The smallest absolute Gasteiger partial charge is 0.251 e. The molecule has 0 saturated heterocycles. The van der Waals surface area contributed by atoms with Crippen LogP contribution in [0.2, 0.25) is 0 Å². The van der Waals surface area contributed by atoms with Crippen molar-refractivity contribution in [2.75, 3.05) is 13.7 Å². The highest BCUT2D eigenvalue weighted by molar-refractivity contribution is 9.10. The van der Waals surface area contributed by atoms with Gasteiger partial charge in [0.25, 0.3) is 5.91 Å². The van der Waals surface area contributed by atoms with Crippen molar-refractivity contribution in [3.05, 3.63) is 46.4 Å². The van der Waals surface area contributed by atoms with Gasteiger partial charge in [0, 0.05) is 17.1 Å². The quantitative estimate of drug-likeness (QED) is 0.903. The molecule has 0 radical (unpaired) electrons. The summed E-state index contributed by atoms with van der Waals surface area (Å²) >= 11 is 3.45. The number of hydrogen-bond acceptors (Lipinski definition) is 2. The minimum atomic E-state index is -0.0567. The van der Waals surface area contributed by atoms with Crippen LogP contribution in [-0.4, -0.2) is 25.7 Å². The summed E-state index contributed by atoms with van der Waals surface area (Å²) in [5.74, 6) is -0.0567. The summed E-state index contributed by atoms with van der Waals surface area (Å²) in [4.78, 5) is 12.2. The molecule has 0 saturated carbocycles. The Morgan fingerprint density at radius 1 is 1.25 bits per heavy atom. The van der Waals surface area contributed by atoms with Crippen LogP contribution in [0.3, 0.4) is 0 Å². The normalized spacial score (nSPS) is 12.3. The van der Waals surface area contributed by atoms with Crippen LogP contribution >= 0.6 is 15.9 Å². The van der Waals surface area contributed by atoms with E-state index in [1.807, 2.05) is 43.3 Å². The van der Waals surface area contributed by atoms with Crippen LogP contribution in [0.25, 0.3) is 10.8 Å². The third-order valence-corrected chi connectivity index (χ3v) is 3.75. The van der Waals surface area contributed by atoms with Crippen molar-refractivity contribution < 1.29 is 9.53 Å². The third-order valence-electron chi connectivity index (χ3n) is 3.26. The van der Waals surface area contributed by atoms with Crippen molar-refractivity contribution in [3.63, 3.8) is 0 Å². The first kappa shape index (κ1) is 15.0. The number of hydrogen-bond donors (Lipinski definition) is 1. The molecule has 1 amide bonds. The maximum Gasteiger partial charge on any atom is 0.251 e. The number of benzene rings is 2. The molecule has 0 heterocycles. The molecule has 0 aliphatic rings. The van der Waals surface area contributed by atoms with E-state index in [0.717, 1.165) is 21.7 Å². The largest absolute Gasteiger partial charge is 0.383 e. The zero-order chi connectivity index (χ0) is 14.5. The van der Waals surface area contributed by atoms with Crippen molar-refractivity contribution in [2.24, 2.45) is 0 Å². The summed E-state index contributed by atoms with van der Waals surface area (Å²) in [6, 6.07) is 11.8. The lowest BCUT2D eigenvalue weighted by Crippen LogP contribution is -2.37. The Morgan fingerprint density at radius 3 is 2.65 bits per heavy atom. The Kier molecular flexibility index (Phi) is 5.15. The summed E-state index contributed by atoms with van der Waals surface area (Å²) in [5, 5.41) is 5.15. The van der Waals surface area contributed by atoms with Gasteiger partial charge in [0.15, 0.2) is 0 Å². The highest BCUT2D eigenvalue weighted by Gasteiger charge is 2.12. The van der Waals surface area contributed by atoms with Gasteiger partial charge in [-0.3, -0.25) is 4.79 Å². The number of nitrogens with one attached hydrogen (secondary N) is 1. The zero-order valence-electron chi connectivity index (χ0n) is 11.7. The van der Waals surface area contributed by atoms with Crippen molar-refractivity contribution >= 4 is 32.6 Å². The van der Waals surface area contributed by atoms with Crippen molar-refractivity contribution in [1.29, 1.82) is 0 Å². The van der Waals surface area contributed by atoms with Gasteiger partial charge < -0.3 is 10.1 Å². The van der Waals surface area contributed by atoms with Gasteiger partial charge in [-0.25, -0.2) is 0 Å². The molecule has 2 aromatic rings. The molecule has 1 unspecified atom stereocenters. The van der Waals surface area contributed by atoms with Gasteiger partial charge in [-0.05, 0) is 41.5 Å². The summed E-state index contributed by atoms with van der Waals surface area (Å²) in [6.07, 6.45) is 0.847. The Labute approximate surface area is 127 Å². The Hall–Kier alpha value is -1.39. The molecule has 0 aromatic heterocycles. The zero-order valence-corrected chi connectivity index (χ0v) is 13.2. The predicted octanol–water partition coefficient (Wildman–Crippen LogP) is 3.76. The van der Waals surface area contributed by atoms with Crippen molar-refractivity contribution in [2.45, 2.75) is 19.4 Å². The van der Waals surface area contributed by atoms with Crippen LogP contribution in [0, 0.1) is 0 Å². The second kappa shape index (κ2) is 6.86. The summed E-state index contributed by atoms with van der Waals surface area (Å²) < 4.78 is 6.13. The molecule has 4 heteroatoms. The fourth-order valence-corrected chi connectivity index (χ4v) is 2.47. The summed E-state index contributed by atoms with van der Waals surface area (Å²) in [6.45, 7) is 2.56. The van der Waals surface area contributed by atoms with E-state index in [1.54, 1.807) is 7.11 Å². The second-order valence-electron chi connectivity index (χ2n) is 4.74. The van der Waals surface area contributed by atoms with Crippen LogP contribution in [0.15, 0.2) is 40.9 Å². The van der Waals surface area contributed by atoms with Crippen LogP contribution in [-0.2, 0) is 4.74 Å². The van der Waals surface area contributed by atoms with Crippen LogP contribution in [0.4, 0.5) is 0 Å². The third kappa shape index (κ3) is 3.58. The van der Waals surface area contributed by atoms with Gasteiger partial charge >= 0.3 is 0 Å². The SMILES string of the molecule is CCC(COC)NC(=O)c1ccc2cc(Br)ccc2c1. The number of fused-ring (bicyclic) bond motifs is 1. The van der Waals surface area contributed by atoms with E-state index >= 15 is 0 Å². The van der Waals surface area contributed by atoms with E-state index in [2.05, 4.69) is 21.2 Å². The molecule has 0 aliphatic carbocycles. The number of ether oxygens (including phenoxy) is 1. The first-order valence-electron chi connectivity index (χ1n) is 6.63. The molecule has 2 rings (SSSR count). The summed E-state index contributed by atoms with van der Waals surface area (Å²) in [5.41, 5.74) is 0.675. The van der Waals surface area contributed by atoms with Gasteiger partial charge in [-0.1, -0.05) is 35.0 Å². The Bertz CT molecular complexity index is 612. The monoisotopic (exact) mass is 335 g/mol.